The van der Waals surface area contributed by atoms with Crippen molar-refractivity contribution in [3.8, 4) is 0 Å². The molecule has 1 aliphatic heterocycles. The first-order valence-electron chi connectivity index (χ1n) is 6.99. The molecule has 0 bridgehead atoms. The molecule has 1 saturated heterocycles. The van der Waals surface area contributed by atoms with E-state index in [0.717, 1.165) is 32.5 Å². The third kappa shape index (κ3) is 4.41. The van der Waals surface area contributed by atoms with Crippen molar-refractivity contribution in [2.75, 3.05) is 19.7 Å². The van der Waals surface area contributed by atoms with E-state index in [9.17, 15) is 0 Å². The van der Waals surface area contributed by atoms with Crippen LogP contribution in [0.4, 0.5) is 0 Å². The van der Waals surface area contributed by atoms with Crippen molar-refractivity contribution >= 4 is 0 Å². The van der Waals surface area contributed by atoms with Gasteiger partial charge in [-0.05, 0) is 37.8 Å². The second-order valence-corrected chi connectivity index (χ2v) is 5.00. The third-order valence-electron chi connectivity index (χ3n) is 3.49. The van der Waals surface area contributed by atoms with Crippen molar-refractivity contribution in [1.82, 2.24) is 5.32 Å². The fourth-order valence-corrected chi connectivity index (χ4v) is 2.38. The van der Waals surface area contributed by atoms with E-state index in [4.69, 9.17) is 10.5 Å². The van der Waals surface area contributed by atoms with Gasteiger partial charge in [-0.15, -0.1) is 0 Å². The fourth-order valence-electron chi connectivity index (χ4n) is 2.38. The Kier molecular flexibility index (Phi) is 5.65. The minimum absolute atomic E-state index is 0.163. The van der Waals surface area contributed by atoms with Crippen LogP contribution in [-0.2, 0) is 4.74 Å². The largest absolute Gasteiger partial charge is 0.377 e. The van der Waals surface area contributed by atoms with Crippen molar-refractivity contribution < 1.29 is 4.74 Å². The van der Waals surface area contributed by atoms with Gasteiger partial charge in [0.2, 0.25) is 0 Å². The van der Waals surface area contributed by atoms with Crippen LogP contribution in [0.3, 0.4) is 0 Å². The Morgan fingerprint density at radius 1 is 1.33 bits per heavy atom. The third-order valence-corrected chi connectivity index (χ3v) is 3.49. The molecule has 3 nitrogen and oxygen atoms in total. The molecule has 0 radical (unpaired) electrons. The lowest BCUT2D eigenvalue weighted by molar-refractivity contribution is 0.110. The topological polar surface area (TPSA) is 47.3 Å². The highest BCUT2D eigenvalue weighted by Gasteiger charge is 2.14. The number of ether oxygens (including phenoxy) is 1. The molecule has 1 fully saturated rings. The van der Waals surface area contributed by atoms with E-state index in [1.54, 1.807) is 0 Å². The van der Waals surface area contributed by atoms with Crippen LogP contribution in [0.2, 0.25) is 0 Å². The molecule has 0 spiro atoms. The van der Waals surface area contributed by atoms with E-state index in [1.165, 1.54) is 18.4 Å². The number of nitrogens with one attached hydrogen (secondary N) is 1. The van der Waals surface area contributed by atoms with Crippen molar-refractivity contribution in [2.45, 2.75) is 37.8 Å². The van der Waals surface area contributed by atoms with E-state index >= 15 is 0 Å². The SMILES string of the molecule is NC(CCCNCC1CCCO1)c1ccccc1. The summed E-state index contributed by atoms with van der Waals surface area (Å²) in [6, 6.07) is 10.5. The summed E-state index contributed by atoms with van der Waals surface area (Å²) in [5.74, 6) is 0. The molecular formula is C15H24N2O. The molecule has 1 aromatic carbocycles. The summed E-state index contributed by atoms with van der Waals surface area (Å²) in [6.07, 6.45) is 5.00. The van der Waals surface area contributed by atoms with E-state index in [1.807, 2.05) is 18.2 Å². The standard InChI is InChI=1S/C15H24N2O/c16-15(13-6-2-1-3-7-13)9-4-10-17-12-14-8-5-11-18-14/h1-3,6-7,14-15,17H,4-5,8-12,16H2. The van der Waals surface area contributed by atoms with E-state index in [2.05, 4.69) is 17.4 Å². The highest BCUT2D eigenvalue weighted by atomic mass is 16.5. The predicted octanol–water partition coefficient (Wildman–Crippen LogP) is 2.24. The minimum Gasteiger partial charge on any atom is -0.377 e. The van der Waals surface area contributed by atoms with Crippen molar-refractivity contribution in [3.05, 3.63) is 35.9 Å². The second-order valence-electron chi connectivity index (χ2n) is 5.00. The summed E-state index contributed by atoms with van der Waals surface area (Å²) in [7, 11) is 0. The molecule has 1 aromatic rings. The maximum atomic E-state index is 6.15. The first-order chi connectivity index (χ1) is 8.86. The lowest BCUT2D eigenvalue weighted by Crippen LogP contribution is -2.27. The molecule has 2 unspecified atom stereocenters. The molecule has 0 saturated carbocycles. The number of hydrogen-bond acceptors (Lipinski definition) is 3. The molecule has 2 rings (SSSR count). The van der Waals surface area contributed by atoms with Gasteiger partial charge < -0.3 is 15.8 Å². The van der Waals surface area contributed by atoms with Crippen molar-refractivity contribution in [1.29, 1.82) is 0 Å². The van der Waals surface area contributed by atoms with Crippen LogP contribution in [0.15, 0.2) is 30.3 Å². The molecule has 0 aliphatic carbocycles. The molecule has 0 aromatic heterocycles. The van der Waals surface area contributed by atoms with Crippen LogP contribution in [0.5, 0.6) is 0 Å². The Morgan fingerprint density at radius 2 is 2.17 bits per heavy atom. The van der Waals surface area contributed by atoms with E-state index < -0.39 is 0 Å². The lowest BCUT2D eigenvalue weighted by atomic mass is 10.0. The minimum atomic E-state index is 0.163. The van der Waals surface area contributed by atoms with Gasteiger partial charge in [-0.1, -0.05) is 30.3 Å². The highest BCUT2D eigenvalue weighted by Crippen LogP contribution is 2.14. The molecule has 1 aliphatic rings. The maximum Gasteiger partial charge on any atom is 0.0700 e. The number of benzene rings is 1. The van der Waals surface area contributed by atoms with Gasteiger partial charge in [-0.25, -0.2) is 0 Å². The van der Waals surface area contributed by atoms with Crippen LogP contribution in [0.1, 0.15) is 37.3 Å². The monoisotopic (exact) mass is 248 g/mol. The lowest BCUT2D eigenvalue weighted by Gasteiger charge is -2.13. The Morgan fingerprint density at radius 3 is 2.89 bits per heavy atom. The Hall–Kier alpha value is -0.900. The Labute approximate surface area is 110 Å². The zero-order chi connectivity index (χ0) is 12.6. The molecule has 3 heteroatoms. The molecule has 18 heavy (non-hydrogen) atoms. The smallest absolute Gasteiger partial charge is 0.0700 e. The van der Waals surface area contributed by atoms with Gasteiger partial charge in [-0.2, -0.15) is 0 Å². The van der Waals surface area contributed by atoms with E-state index in [0.29, 0.717) is 6.10 Å². The Balaban J connectivity index is 1.55. The number of hydrogen-bond donors (Lipinski definition) is 2. The van der Waals surface area contributed by atoms with Gasteiger partial charge in [0.05, 0.1) is 6.10 Å². The van der Waals surface area contributed by atoms with Gasteiger partial charge in [0.25, 0.3) is 0 Å². The molecule has 3 N–H and O–H groups in total. The van der Waals surface area contributed by atoms with Gasteiger partial charge in [0.15, 0.2) is 0 Å². The van der Waals surface area contributed by atoms with E-state index in [-0.39, 0.29) is 6.04 Å². The first-order valence-corrected chi connectivity index (χ1v) is 6.99. The summed E-state index contributed by atoms with van der Waals surface area (Å²) in [4.78, 5) is 0. The molecule has 2 atom stereocenters. The van der Waals surface area contributed by atoms with Crippen LogP contribution in [0, 0.1) is 0 Å². The van der Waals surface area contributed by atoms with Crippen LogP contribution in [0.25, 0.3) is 0 Å². The second kappa shape index (κ2) is 7.52. The van der Waals surface area contributed by atoms with Crippen molar-refractivity contribution in [2.24, 2.45) is 5.73 Å². The average molecular weight is 248 g/mol. The first kappa shape index (κ1) is 13.5. The zero-order valence-corrected chi connectivity index (χ0v) is 11.0. The van der Waals surface area contributed by atoms with Crippen LogP contribution >= 0.6 is 0 Å². The predicted molar refractivity (Wildman–Crippen MR) is 74.4 cm³/mol. The number of nitrogens with two attached hydrogens (primary N) is 1. The van der Waals surface area contributed by atoms with Gasteiger partial charge >= 0.3 is 0 Å². The summed E-state index contributed by atoms with van der Waals surface area (Å²) >= 11 is 0. The summed E-state index contributed by atoms with van der Waals surface area (Å²) in [5.41, 5.74) is 7.38. The quantitative estimate of drug-likeness (QED) is 0.727. The Bertz CT molecular complexity index is 323. The number of rotatable bonds is 7. The van der Waals surface area contributed by atoms with Gasteiger partial charge in [-0.3, -0.25) is 0 Å². The van der Waals surface area contributed by atoms with Crippen LogP contribution in [-0.4, -0.2) is 25.8 Å². The molecular weight excluding hydrogens is 224 g/mol. The normalized spacial score (nSPS) is 21.1. The fraction of sp³-hybridized carbons (Fsp3) is 0.600. The summed E-state index contributed by atoms with van der Waals surface area (Å²) in [6.45, 7) is 2.95. The zero-order valence-electron chi connectivity index (χ0n) is 11.0. The molecule has 100 valence electrons. The highest BCUT2D eigenvalue weighted by molar-refractivity contribution is 5.18. The summed E-state index contributed by atoms with van der Waals surface area (Å²) < 4.78 is 5.56. The maximum absolute atomic E-state index is 6.15. The molecule has 0 amide bonds. The van der Waals surface area contributed by atoms with Gasteiger partial charge in [0.1, 0.15) is 0 Å². The summed E-state index contributed by atoms with van der Waals surface area (Å²) in [5, 5.41) is 3.45. The average Bonchev–Trinajstić information content (AvgIpc) is 2.92. The molecule has 1 heterocycles. The van der Waals surface area contributed by atoms with Crippen molar-refractivity contribution in [3.63, 3.8) is 0 Å². The van der Waals surface area contributed by atoms with Gasteiger partial charge in [0, 0.05) is 19.2 Å². The van der Waals surface area contributed by atoms with Crippen LogP contribution < -0.4 is 11.1 Å².